The minimum Gasteiger partial charge on any atom is -0.396 e. The summed E-state index contributed by atoms with van der Waals surface area (Å²) in [6.45, 7) is 18.7. The summed E-state index contributed by atoms with van der Waals surface area (Å²) >= 11 is 0. The summed E-state index contributed by atoms with van der Waals surface area (Å²) in [5.74, 6) is -2.33. The number of amides is 3. The van der Waals surface area contributed by atoms with Crippen molar-refractivity contribution in [2.45, 2.75) is 70.6 Å². The molecule has 3 unspecified atom stereocenters. The van der Waals surface area contributed by atoms with Gasteiger partial charge in [0, 0.05) is 56.4 Å². The minimum atomic E-state index is -1.17. The molecule has 1 spiro atoms. The first-order valence-corrected chi connectivity index (χ1v) is 17.5. The molecule has 0 saturated carbocycles. The van der Waals surface area contributed by atoms with Gasteiger partial charge in [0.15, 0.2) is 0 Å². The smallest absolute Gasteiger partial charge is 0.253 e. The zero-order valence-corrected chi connectivity index (χ0v) is 29.0. The van der Waals surface area contributed by atoms with E-state index < -0.39 is 29.1 Å². The highest BCUT2D eigenvalue weighted by atomic mass is 16.5. The van der Waals surface area contributed by atoms with Gasteiger partial charge in [0.05, 0.1) is 17.4 Å². The van der Waals surface area contributed by atoms with Crippen molar-refractivity contribution in [3.63, 3.8) is 0 Å². The maximum atomic E-state index is 15.0. The maximum Gasteiger partial charge on any atom is 0.253 e. The number of hydrogen-bond acceptors (Lipinski definition) is 6. The highest BCUT2D eigenvalue weighted by Gasteiger charge is 2.80. The van der Waals surface area contributed by atoms with Gasteiger partial charge in [0.25, 0.3) is 5.91 Å². The van der Waals surface area contributed by atoms with Crippen LogP contribution in [0.25, 0.3) is 0 Å². The van der Waals surface area contributed by atoms with Crippen LogP contribution < -0.4 is 14.7 Å². The number of carbonyl (C=O) groups excluding carboxylic acids is 3. The van der Waals surface area contributed by atoms with Gasteiger partial charge in [-0.05, 0) is 88.8 Å². The lowest BCUT2D eigenvalue weighted by Gasteiger charge is -2.39. The van der Waals surface area contributed by atoms with Crippen LogP contribution >= 0.6 is 0 Å². The van der Waals surface area contributed by atoms with E-state index in [9.17, 15) is 14.7 Å². The molecule has 3 aliphatic rings. The molecule has 48 heavy (non-hydrogen) atoms. The molecule has 3 aliphatic heterocycles. The quantitative estimate of drug-likeness (QED) is 0.191. The first-order valence-electron chi connectivity index (χ1n) is 17.5. The summed E-state index contributed by atoms with van der Waals surface area (Å²) in [6, 6.07) is 16.4. The molecule has 2 aromatic carbocycles. The van der Waals surface area contributed by atoms with Crippen molar-refractivity contribution in [2.24, 2.45) is 17.8 Å². The highest BCUT2D eigenvalue weighted by molar-refractivity contribution is 6.07. The van der Waals surface area contributed by atoms with Gasteiger partial charge >= 0.3 is 0 Å². The maximum absolute atomic E-state index is 15.0. The van der Waals surface area contributed by atoms with E-state index in [4.69, 9.17) is 4.74 Å². The van der Waals surface area contributed by atoms with E-state index in [1.807, 2.05) is 61.5 Å². The van der Waals surface area contributed by atoms with Crippen LogP contribution in [0.15, 0.2) is 79.9 Å². The van der Waals surface area contributed by atoms with Gasteiger partial charge in [-0.25, -0.2) is 0 Å². The first-order chi connectivity index (χ1) is 23.1. The second-order valence-electron chi connectivity index (χ2n) is 13.5. The van der Waals surface area contributed by atoms with Gasteiger partial charge in [-0.15, -0.1) is 13.2 Å². The number of fused-ring (bicyclic) bond motifs is 1. The minimum absolute atomic E-state index is 0.0631. The molecule has 1 N–H and O–H groups in total. The van der Waals surface area contributed by atoms with Gasteiger partial charge < -0.3 is 29.4 Å². The van der Waals surface area contributed by atoms with Crippen molar-refractivity contribution in [1.82, 2.24) is 4.90 Å². The number of carbonyl (C=O) groups is 3. The van der Waals surface area contributed by atoms with Crippen LogP contribution in [-0.4, -0.2) is 84.3 Å². The summed E-state index contributed by atoms with van der Waals surface area (Å²) in [6.07, 6.45) is 5.82. The summed E-state index contributed by atoms with van der Waals surface area (Å²) < 4.78 is 7.03. The van der Waals surface area contributed by atoms with Crippen LogP contribution in [0.2, 0.25) is 0 Å². The van der Waals surface area contributed by atoms with Gasteiger partial charge in [0.1, 0.15) is 11.6 Å². The van der Waals surface area contributed by atoms with Crippen molar-refractivity contribution in [3.8, 4) is 0 Å². The van der Waals surface area contributed by atoms with Crippen molar-refractivity contribution in [3.05, 3.63) is 79.9 Å². The van der Waals surface area contributed by atoms with E-state index >= 15 is 4.79 Å². The number of likely N-dealkylation sites (tertiary alicyclic amines) is 1. The molecule has 0 radical (unpaired) electrons. The molecular formula is C39H52N4O5. The zero-order valence-electron chi connectivity index (χ0n) is 29.0. The summed E-state index contributed by atoms with van der Waals surface area (Å²) in [7, 11) is 0. The van der Waals surface area contributed by atoms with Crippen molar-refractivity contribution in [2.75, 3.05) is 54.0 Å². The van der Waals surface area contributed by atoms with Crippen LogP contribution in [0.5, 0.6) is 0 Å². The fraction of sp³-hybridized carbons (Fsp3) is 0.513. The van der Waals surface area contributed by atoms with E-state index in [0.717, 1.165) is 24.5 Å². The molecular weight excluding hydrogens is 604 g/mol. The Balaban J connectivity index is 1.58. The standard InChI is InChI=1S/C39H52N4O5/c1-7-23-41(30-17-13-11-14-18-30)35(45)32-33-36(46)43(25-15-12-16-26-44)34(39(33)27-28(5)38(32,6)48-39)37(47)42(24-8-2)31-21-19-29(20-22-31)40(9-3)10-4/h7-8,11,13-14,17-22,28,32-34,44H,1-2,9-10,12,15-16,23-27H2,3-6H3/t28?,32-,33+,34?,38+,39?/m1/s1. The van der Waals surface area contributed by atoms with Crippen LogP contribution in [0, 0.1) is 17.8 Å². The number of ether oxygens (including phenoxy) is 1. The van der Waals surface area contributed by atoms with Gasteiger partial charge in [-0.3, -0.25) is 14.4 Å². The normalized spacial score (nSPS) is 27.1. The molecule has 3 saturated heterocycles. The van der Waals surface area contributed by atoms with Crippen molar-refractivity contribution >= 4 is 34.8 Å². The molecule has 6 atom stereocenters. The predicted octanol–water partition coefficient (Wildman–Crippen LogP) is 5.44. The molecule has 5 rings (SSSR count). The number of aliphatic hydroxyl groups excluding tert-OH is 1. The second-order valence-corrected chi connectivity index (χ2v) is 13.5. The monoisotopic (exact) mass is 656 g/mol. The molecule has 2 bridgehead atoms. The number of aliphatic hydroxyl groups is 1. The molecule has 9 heteroatoms. The number of para-hydroxylation sites is 1. The summed E-state index contributed by atoms with van der Waals surface area (Å²) in [5, 5.41) is 9.43. The lowest BCUT2D eigenvalue weighted by molar-refractivity contribution is -0.145. The average Bonchev–Trinajstić information content (AvgIpc) is 3.61. The van der Waals surface area contributed by atoms with Crippen LogP contribution in [0.4, 0.5) is 17.1 Å². The fourth-order valence-electron chi connectivity index (χ4n) is 8.46. The lowest BCUT2D eigenvalue weighted by Crippen LogP contribution is -2.57. The molecule has 3 amide bonds. The van der Waals surface area contributed by atoms with Gasteiger partial charge in [0.2, 0.25) is 11.8 Å². The first kappa shape index (κ1) is 35.4. The Bertz CT molecular complexity index is 1480. The Morgan fingerprint density at radius 1 is 0.917 bits per heavy atom. The van der Waals surface area contributed by atoms with E-state index in [1.54, 1.807) is 26.9 Å². The SMILES string of the molecule is C=CCN(C(=O)C1N(CCCCCO)C(=O)[C@@H]2[C@H](C(=O)N(CC=C)c3ccccc3)[C@@]3(C)OC12CC3C)c1ccc(N(CC)CC)cc1. The van der Waals surface area contributed by atoms with E-state index in [-0.39, 0.29) is 43.3 Å². The number of hydrogen-bond donors (Lipinski definition) is 1. The van der Waals surface area contributed by atoms with Gasteiger partial charge in [-0.1, -0.05) is 37.3 Å². The van der Waals surface area contributed by atoms with Crippen LogP contribution in [0.3, 0.4) is 0 Å². The molecule has 3 fully saturated rings. The number of nitrogens with zero attached hydrogens (tertiary/aromatic N) is 4. The third-order valence-electron chi connectivity index (χ3n) is 10.9. The molecule has 9 nitrogen and oxygen atoms in total. The number of rotatable bonds is 16. The highest BCUT2D eigenvalue weighted by Crippen LogP contribution is 2.65. The fourth-order valence-corrected chi connectivity index (χ4v) is 8.46. The number of benzene rings is 2. The van der Waals surface area contributed by atoms with Crippen molar-refractivity contribution < 1.29 is 24.2 Å². The second kappa shape index (κ2) is 14.7. The third-order valence-corrected chi connectivity index (χ3v) is 10.9. The average molecular weight is 657 g/mol. The Hall–Kier alpha value is -3.95. The third kappa shape index (κ3) is 5.96. The lowest BCUT2D eigenvalue weighted by atomic mass is 9.62. The molecule has 0 aliphatic carbocycles. The molecule has 2 aromatic rings. The Morgan fingerprint density at radius 3 is 2.08 bits per heavy atom. The summed E-state index contributed by atoms with van der Waals surface area (Å²) in [4.78, 5) is 51.8. The van der Waals surface area contributed by atoms with Crippen LogP contribution in [-0.2, 0) is 19.1 Å². The number of unbranched alkanes of at least 4 members (excludes halogenated alkanes) is 2. The topological polar surface area (TPSA) is 93.6 Å². The Morgan fingerprint density at radius 2 is 1.50 bits per heavy atom. The van der Waals surface area contributed by atoms with Crippen LogP contribution in [0.1, 0.15) is 53.4 Å². The largest absolute Gasteiger partial charge is 0.396 e. The van der Waals surface area contributed by atoms with E-state index in [1.165, 1.54) is 0 Å². The van der Waals surface area contributed by atoms with Crippen molar-refractivity contribution in [1.29, 1.82) is 0 Å². The van der Waals surface area contributed by atoms with Gasteiger partial charge in [-0.2, -0.15) is 0 Å². The van der Waals surface area contributed by atoms with E-state index in [0.29, 0.717) is 37.9 Å². The predicted molar refractivity (Wildman–Crippen MR) is 191 cm³/mol. The number of anilines is 3. The van der Waals surface area contributed by atoms with E-state index in [2.05, 4.69) is 38.8 Å². The molecule has 0 aromatic heterocycles. The molecule has 258 valence electrons. The summed E-state index contributed by atoms with van der Waals surface area (Å²) in [5.41, 5.74) is 0.389. The Kier molecular flexibility index (Phi) is 10.8. The molecule has 3 heterocycles. The Labute approximate surface area is 285 Å². The zero-order chi connectivity index (χ0) is 34.6.